The normalized spacial score (nSPS) is 11.7. The highest BCUT2D eigenvalue weighted by Crippen LogP contribution is 2.21. The van der Waals surface area contributed by atoms with E-state index in [0.717, 1.165) is 24.4 Å². The lowest BCUT2D eigenvalue weighted by Gasteiger charge is -2.21. The van der Waals surface area contributed by atoms with Gasteiger partial charge in [-0.05, 0) is 42.5 Å². The second kappa shape index (κ2) is 4.81. The van der Waals surface area contributed by atoms with Crippen molar-refractivity contribution in [2.45, 2.75) is 26.7 Å². The van der Waals surface area contributed by atoms with Crippen LogP contribution in [0.1, 0.15) is 25.8 Å². The number of aryl methyl sites for hydroxylation is 1. The quantitative estimate of drug-likeness (QED) is 0.813. The first-order valence-electron chi connectivity index (χ1n) is 4.98. The molecular weight excluding hydrogens is 194 g/mol. The fourth-order valence-corrected chi connectivity index (χ4v) is 1.36. The molecule has 0 aliphatic heterocycles. The Balaban J connectivity index is 2.50. The summed E-state index contributed by atoms with van der Waals surface area (Å²) in [6, 6.07) is 8.03. The molecule has 0 aliphatic rings. The van der Waals surface area contributed by atoms with Crippen molar-refractivity contribution in [2.24, 2.45) is 11.1 Å². The summed E-state index contributed by atoms with van der Waals surface area (Å²) < 4.78 is 0. The van der Waals surface area contributed by atoms with Gasteiger partial charge in [-0.1, -0.05) is 37.6 Å². The molecule has 14 heavy (non-hydrogen) atoms. The van der Waals surface area contributed by atoms with E-state index in [1.165, 1.54) is 5.56 Å². The molecule has 0 amide bonds. The fraction of sp³-hybridized carbons (Fsp3) is 0.500. The Morgan fingerprint density at radius 1 is 1.21 bits per heavy atom. The molecule has 78 valence electrons. The molecule has 0 unspecified atom stereocenters. The van der Waals surface area contributed by atoms with E-state index in [4.69, 9.17) is 17.3 Å². The van der Waals surface area contributed by atoms with Gasteiger partial charge in [0.05, 0.1) is 0 Å². The van der Waals surface area contributed by atoms with Crippen LogP contribution in [0.15, 0.2) is 24.3 Å². The van der Waals surface area contributed by atoms with Gasteiger partial charge in [0, 0.05) is 5.02 Å². The summed E-state index contributed by atoms with van der Waals surface area (Å²) in [5.41, 5.74) is 7.24. The molecule has 0 aliphatic carbocycles. The summed E-state index contributed by atoms with van der Waals surface area (Å²) in [4.78, 5) is 0. The molecule has 1 rings (SSSR count). The van der Waals surface area contributed by atoms with Crippen molar-refractivity contribution in [1.29, 1.82) is 0 Å². The van der Waals surface area contributed by atoms with E-state index in [-0.39, 0.29) is 5.41 Å². The first-order chi connectivity index (χ1) is 6.53. The molecule has 0 bridgehead atoms. The minimum absolute atomic E-state index is 0.236. The standard InChI is InChI=1S/C12H18ClN/c1-12(2,9-14)8-7-10-3-5-11(13)6-4-10/h3-6H,7-9,14H2,1-2H3. The molecular formula is C12H18ClN. The summed E-state index contributed by atoms with van der Waals surface area (Å²) in [5, 5.41) is 0.798. The number of hydrogen-bond acceptors (Lipinski definition) is 1. The Morgan fingerprint density at radius 2 is 1.79 bits per heavy atom. The number of hydrogen-bond donors (Lipinski definition) is 1. The topological polar surface area (TPSA) is 26.0 Å². The Morgan fingerprint density at radius 3 is 2.29 bits per heavy atom. The summed E-state index contributed by atoms with van der Waals surface area (Å²) >= 11 is 5.81. The van der Waals surface area contributed by atoms with Gasteiger partial charge in [-0.15, -0.1) is 0 Å². The molecule has 1 nitrogen and oxygen atoms in total. The summed E-state index contributed by atoms with van der Waals surface area (Å²) in [6.07, 6.45) is 2.19. The maximum atomic E-state index is 5.81. The lowest BCUT2D eigenvalue weighted by Crippen LogP contribution is -2.23. The summed E-state index contributed by atoms with van der Waals surface area (Å²) in [7, 11) is 0. The van der Waals surface area contributed by atoms with E-state index in [9.17, 15) is 0 Å². The van der Waals surface area contributed by atoms with Crippen molar-refractivity contribution in [2.75, 3.05) is 6.54 Å². The van der Waals surface area contributed by atoms with Crippen LogP contribution in [-0.4, -0.2) is 6.54 Å². The van der Waals surface area contributed by atoms with Crippen molar-refractivity contribution in [1.82, 2.24) is 0 Å². The van der Waals surface area contributed by atoms with Crippen LogP contribution in [0, 0.1) is 5.41 Å². The minimum Gasteiger partial charge on any atom is -0.330 e. The SMILES string of the molecule is CC(C)(CN)CCc1ccc(Cl)cc1. The lowest BCUT2D eigenvalue weighted by molar-refractivity contribution is 0.348. The summed E-state index contributed by atoms with van der Waals surface area (Å²) in [6.45, 7) is 5.13. The maximum absolute atomic E-state index is 5.81. The maximum Gasteiger partial charge on any atom is 0.0406 e. The smallest absolute Gasteiger partial charge is 0.0406 e. The molecule has 0 fully saturated rings. The molecule has 0 spiro atoms. The summed E-state index contributed by atoms with van der Waals surface area (Å²) in [5.74, 6) is 0. The van der Waals surface area contributed by atoms with Crippen LogP contribution < -0.4 is 5.73 Å². The molecule has 0 aromatic heterocycles. The fourth-order valence-electron chi connectivity index (χ4n) is 1.24. The van der Waals surface area contributed by atoms with Gasteiger partial charge in [-0.25, -0.2) is 0 Å². The third-order valence-corrected chi connectivity index (χ3v) is 2.81. The van der Waals surface area contributed by atoms with Gasteiger partial charge in [0.25, 0.3) is 0 Å². The lowest BCUT2D eigenvalue weighted by atomic mass is 9.86. The van der Waals surface area contributed by atoms with Crippen molar-refractivity contribution >= 4 is 11.6 Å². The zero-order valence-electron chi connectivity index (χ0n) is 8.89. The number of nitrogens with two attached hydrogens (primary N) is 1. The Hall–Kier alpha value is -0.530. The van der Waals surface area contributed by atoms with Gasteiger partial charge in [-0.2, -0.15) is 0 Å². The Labute approximate surface area is 91.3 Å². The molecule has 0 atom stereocenters. The van der Waals surface area contributed by atoms with Crippen LogP contribution in [0.2, 0.25) is 5.02 Å². The largest absolute Gasteiger partial charge is 0.330 e. The molecule has 1 aromatic carbocycles. The predicted molar refractivity (Wildman–Crippen MR) is 62.6 cm³/mol. The highest BCUT2D eigenvalue weighted by Gasteiger charge is 2.14. The average molecular weight is 212 g/mol. The highest BCUT2D eigenvalue weighted by molar-refractivity contribution is 6.30. The molecule has 0 heterocycles. The first kappa shape index (κ1) is 11.5. The van der Waals surface area contributed by atoms with Crippen molar-refractivity contribution in [3.63, 3.8) is 0 Å². The zero-order valence-corrected chi connectivity index (χ0v) is 9.64. The van der Waals surface area contributed by atoms with Crippen LogP contribution in [0.3, 0.4) is 0 Å². The highest BCUT2D eigenvalue weighted by atomic mass is 35.5. The first-order valence-corrected chi connectivity index (χ1v) is 5.36. The molecule has 0 radical (unpaired) electrons. The van der Waals surface area contributed by atoms with Gasteiger partial charge >= 0.3 is 0 Å². The Kier molecular flexibility index (Phi) is 3.97. The molecule has 2 heteroatoms. The number of benzene rings is 1. The van der Waals surface area contributed by atoms with Crippen LogP contribution in [0.5, 0.6) is 0 Å². The van der Waals surface area contributed by atoms with E-state index in [2.05, 4.69) is 26.0 Å². The predicted octanol–water partition coefficient (Wildman–Crippen LogP) is 3.26. The number of halogens is 1. The van der Waals surface area contributed by atoms with E-state index >= 15 is 0 Å². The zero-order chi connectivity index (χ0) is 10.6. The molecule has 2 N–H and O–H groups in total. The molecule has 1 aromatic rings. The van der Waals surface area contributed by atoms with Crippen molar-refractivity contribution in [3.05, 3.63) is 34.9 Å². The minimum atomic E-state index is 0.236. The van der Waals surface area contributed by atoms with Crippen LogP contribution in [0.4, 0.5) is 0 Å². The van der Waals surface area contributed by atoms with E-state index in [1.54, 1.807) is 0 Å². The van der Waals surface area contributed by atoms with Gasteiger partial charge in [0.1, 0.15) is 0 Å². The van der Waals surface area contributed by atoms with Gasteiger partial charge < -0.3 is 5.73 Å². The van der Waals surface area contributed by atoms with Crippen LogP contribution in [-0.2, 0) is 6.42 Å². The Bertz CT molecular complexity index is 277. The van der Waals surface area contributed by atoms with E-state index < -0.39 is 0 Å². The monoisotopic (exact) mass is 211 g/mol. The second-order valence-corrected chi connectivity index (χ2v) is 4.93. The van der Waals surface area contributed by atoms with Crippen LogP contribution >= 0.6 is 11.6 Å². The molecule has 0 saturated heterocycles. The van der Waals surface area contributed by atoms with Crippen molar-refractivity contribution < 1.29 is 0 Å². The molecule has 0 saturated carbocycles. The van der Waals surface area contributed by atoms with E-state index in [0.29, 0.717) is 0 Å². The second-order valence-electron chi connectivity index (χ2n) is 4.49. The van der Waals surface area contributed by atoms with E-state index in [1.807, 2.05) is 12.1 Å². The average Bonchev–Trinajstić information content (AvgIpc) is 2.17. The van der Waals surface area contributed by atoms with Gasteiger partial charge in [0.15, 0.2) is 0 Å². The third-order valence-electron chi connectivity index (χ3n) is 2.56. The van der Waals surface area contributed by atoms with Crippen molar-refractivity contribution in [3.8, 4) is 0 Å². The van der Waals surface area contributed by atoms with Crippen LogP contribution in [0.25, 0.3) is 0 Å². The third kappa shape index (κ3) is 3.69. The number of rotatable bonds is 4. The van der Waals surface area contributed by atoms with Gasteiger partial charge in [-0.3, -0.25) is 0 Å². The van der Waals surface area contributed by atoms with Gasteiger partial charge in [0.2, 0.25) is 0 Å².